The number of rotatable bonds is 8. The van der Waals surface area contributed by atoms with Crippen LogP contribution in [0.5, 0.6) is 0 Å². The van der Waals surface area contributed by atoms with Gasteiger partial charge in [-0.25, -0.2) is 0 Å². The Kier molecular flexibility index (Phi) is 6.00. The number of hydrogen-bond donors (Lipinski definition) is 1. The number of carbonyl (C=O) groups excluding carboxylic acids is 1. The van der Waals surface area contributed by atoms with E-state index in [2.05, 4.69) is 26.2 Å². The van der Waals surface area contributed by atoms with Crippen molar-refractivity contribution in [2.45, 2.75) is 28.9 Å². The molecule has 1 amide bonds. The number of amides is 1. The smallest absolute Gasteiger partial charge is 0.234 e. The van der Waals surface area contributed by atoms with Gasteiger partial charge in [0.05, 0.1) is 28.1 Å². The lowest BCUT2D eigenvalue weighted by Crippen LogP contribution is -2.15. The van der Waals surface area contributed by atoms with Crippen molar-refractivity contribution in [1.82, 2.24) is 14.8 Å². The van der Waals surface area contributed by atoms with E-state index >= 15 is 0 Å². The average molecular weight is 428 g/mol. The third-order valence-corrected chi connectivity index (χ3v) is 6.85. The third kappa shape index (κ3) is 4.41. The highest BCUT2D eigenvalue weighted by molar-refractivity contribution is 8.00. The molecule has 0 unspecified atom stereocenters. The van der Waals surface area contributed by atoms with Crippen molar-refractivity contribution in [2.24, 2.45) is 0 Å². The van der Waals surface area contributed by atoms with E-state index in [0.717, 1.165) is 39.3 Å². The second-order valence-corrected chi connectivity index (χ2v) is 9.07. The zero-order valence-electron chi connectivity index (χ0n) is 14.9. The molecule has 1 aromatic carbocycles. The lowest BCUT2D eigenvalue weighted by atomic mass is 10.3. The van der Waals surface area contributed by atoms with Crippen molar-refractivity contribution >= 4 is 46.5 Å². The molecule has 0 saturated heterocycles. The summed E-state index contributed by atoms with van der Waals surface area (Å²) >= 11 is 4.47. The van der Waals surface area contributed by atoms with Crippen molar-refractivity contribution in [3.05, 3.63) is 41.8 Å². The molecule has 6 nitrogen and oxygen atoms in total. The van der Waals surface area contributed by atoms with Crippen LogP contribution in [-0.4, -0.2) is 32.2 Å². The van der Waals surface area contributed by atoms with E-state index in [9.17, 15) is 4.79 Å². The van der Waals surface area contributed by atoms with Gasteiger partial charge in [-0.1, -0.05) is 30.0 Å². The van der Waals surface area contributed by atoms with Gasteiger partial charge in [0.1, 0.15) is 0 Å². The number of para-hydroxylation sites is 1. The Hall–Kier alpha value is -2.28. The van der Waals surface area contributed by atoms with E-state index in [1.54, 1.807) is 11.3 Å². The van der Waals surface area contributed by atoms with Crippen LogP contribution in [0.2, 0.25) is 0 Å². The van der Waals surface area contributed by atoms with Crippen molar-refractivity contribution in [2.75, 3.05) is 16.8 Å². The molecule has 0 spiro atoms. The molecule has 2 heterocycles. The summed E-state index contributed by atoms with van der Waals surface area (Å²) < 4.78 is 2.17. The normalized spacial score (nSPS) is 13.2. The number of nitrogens with zero attached hydrogens (tertiary/aromatic N) is 4. The molecule has 1 fully saturated rings. The highest BCUT2D eigenvalue weighted by Crippen LogP contribution is 2.41. The lowest BCUT2D eigenvalue weighted by Gasteiger charge is -2.10. The highest BCUT2D eigenvalue weighted by Gasteiger charge is 2.30. The quantitative estimate of drug-likeness (QED) is 0.525. The van der Waals surface area contributed by atoms with Gasteiger partial charge in [-0.3, -0.25) is 9.36 Å². The maximum Gasteiger partial charge on any atom is 0.234 e. The van der Waals surface area contributed by atoms with Crippen LogP contribution in [0.3, 0.4) is 0 Å². The third-order valence-electron chi connectivity index (χ3n) is 4.10. The van der Waals surface area contributed by atoms with Crippen LogP contribution in [0.25, 0.3) is 10.7 Å². The summed E-state index contributed by atoms with van der Waals surface area (Å²) in [5.41, 5.74) is 0.733. The number of aromatic nitrogens is 3. The van der Waals surface area contributed by atoms with Crippen molar-refractivity contribution in [3.8, 4) is 16.8 Å². The molecule has 1 aliphatic rings. The molecule has 4 rings (SSSR count). The molecule has 0 bridgehead atoms. The number of benzene rings is 1. The second-order valence-electron chi connectivity index (χ2n) is 6.16. The minimum atomic E-state index is -0.0990. The monoisotopic (exact) mass is 427 g/mol. The zero-order chi connectivity index (χ0) is 19.3. The van der Waals surface area contributed by atoms with E-state index in [-0.39, 0.29) is 11.7 Å². The van der Waals surface area contributed by atoms with Gasteiger partial charge >= 0.3 is 0 Å². The summed E-state index contributed by atoms with van der Waals surface area (Å²) in [4.78, 5) is 14.5. The molecular formula is C19H17N5OS3. The second kappa shape index (κ2) is 8.82. The van der Waals surface area contributed by atoms with Gasteiger partial charge < -0.3 is 5.32 Å². The Bertz CT molecular complexity index is 1010. The van der Waals surface area contributed by atoms with E-state index in [4.69, 9.17) is 5.26 Å². The van der Waals surface area contributed by atoms with Gasteiger partial charge in [-0.2, -0.15) is 5.26 Å². The topological polar surface area (TPSA) is 83.6 Å². The van der Waals surface area contributed by atoms with Crippen LogP contribution in [0, 0.1) is 11.3 Å². The van der Waals surface area contributed by atoms with E-state index in [0.29, 0.717) is 11.8 Å². The van der Waals surface area contributed by atoms with Gasteiger partial charge in [0.15, 0.2) is 11.0 Å². The van der Waals surface area contributed by atoms with Crippen LogP contribution in [-0.2, 0) is 4.79 Å². The SMILES string of the molecule is N#CCSc1ccccc1NC(=O)CSc1nnc(-c2cccs2)n1C1CC1. The lowest BCUT2D eigenvalue weighted by molar-refractivity contribution is -0.113. The van der Waals surface area contributed by atoms with E-state index in [1.807, 2.05) is 41.8 Å². The van der Waals surface area contributed by atoms with Gasteiger partial charge in [0, 0.05) is 10.9 Å². The predicted octanol–water partition coefficient (Wildman–Crippen LogP) is 4.69. The molecule has 0 radical (unpaired) electrons. The highest BCUT2D eigenvalue weighted by atomic mass is 32.2. The van der Waals surface area contributed by atoms with Gasteiger partial charge in [-0.05, 0) is 36.4 Å². The van der Waals surface area contributed by atoms with Gasteiger partial charge in [0.2, 0.25) is 5.91 Å². The summed E-state index contributed by atoms with van der Waals surface area (Å²) in [6.07, 6.45) is 2.25. The fourth-order valence-corrected chi connectivity index (χ4v) is 4.91. The largest absolute Gasteiger partial charge is 0.324 e. The molecular weight excluding hydrogens is 410 g/mol. The fourth-order valence-electron chi connectivity index (χ4n) is 2.73. The predicted molar refractivity (Wildman–Crippen MR) is 114 cm³/mol. The van der Waals surface area contributed by atoms with Crippen molar-refractivity contribution in [3.63, 3.8) is 0 Å². The molecule has 1 saturated carbocycles. The van der Waals surface area contributed by atoms with Crippen molar-refractivity contribution in [1.29, 1.82) is 5.26 Å². The average Bonchev–Trinajstić information content (AvgIpc) is 3.23. The van der Waals surface area contributed by atoms with Crippen LogP contribution in [0.4, 0.5) is 5.69 Å². The van der Waals surface area contributed by atoms with Crippen LogP contribution >= 0.6 is 34.9 Å². The molecule has 1 N–H and O–H groups in total. The minimum Gasteiger partial charge on any atom is -0.324 e. The fraction of sp³-hybridized carbons (Fsp3) is 0.263. The molecule has 28 heavy (non-hydrogen) atoms. The Labute approximate surface area is 175 Å². The Morgan fingerprint density at radius 3 is 2.86 bits per heavy atom. The molecule has 2 aromatic heterocycles. The molecule has 142 valence electrons. The summed E-state index contributed by atoms with van der Waals surface area (Å²) in [7, 11) is 0. The van der Waals surface area contributed by atoms with E-state index < -0.39 is 0 Å². The number of nitriles is 1. The number of nitrogens with one attached hydrogen (secondary N) is 1. The number of thioether (sulfide) groups is 2. The van der Waals surface area contributed by atoms with Crippen LogP contribution in [0.15, 0.2) is 51.8 Å². The Morgan fingerprint density at radius 1 is 1.25 bits per heavy atom. The summed E-state index contributed by atoms with van der Waals surface area (Å²) in [6.45, 7) is 0. The first kappa shape index (κ1) is 19.1. The molecule has 1 aliphatic carbocycles. The molecule has 0 atom stereocenters. The number of anilines is 1. The minimum absolute atomic E-state index is 0.0990. The van der Waals surface area contributed by atoms with Gasteiger partial charge in [0.25, 0.3) is 0 Å². The summed E-state index contributed by atoms with van der Waals surface area (Å²) in [5, 5.41) is 23.2. The van der Waals surface area contributed by atoms with Crippen LogP contribution < -0.4 is 5.32 Å². The van der Waals surface area contributed by atoms with E-state index in [1.165, 1.54) is 23.5 Å². The molecule has 0 aliphatic heterocycles. The number of thiophene rings is 1. The maximum atomic E-state index is 12.5. The maximum absolute atomic E-state index is 12.5. The first-order chi connectivity index (χ1) is 13.8. The summed E-state index contributed by atoms with van der Waals surface area (Å²) in [5.74, 6) is 1.39. The standard InChI is InChI=1S/C19H17N5OS3/c20-9-11-27-15-5-2-1-4-14(15)21-17(25)12-28-19-23-22-18(16-6-3-10-26-16)24(19)13-7-8-13/h1-6,10,13H,7-8,11-12H2,(H,21,25). The number of carbonyl (C=O) groups is 1. The summed E-state index contributed by atoms with van der Waals surface area (Å²) in [6, 6.07) is 14.1. The Balaban J connectivity index is 1.43. The van der Waals surface area contributed by atoms with Crippen molar-refractivity contribution < 1.29 is 4.79 Å². The first-order valence-electron chi connectivity index (χ1n) is 8.76. The zero-order valence-corrected chi connectivity index (χ0v) is 17.3. The van der Waals surface area contributed by atoms with Gasteiger partial charge in [-0.15, -0.1) is 33.3 Å². The van der Waals surface area contributed by atoms with Crippen LogP contribution in [0.1, 0.15) is 18.9 Å². The first-order valence-corrected chi connectivity index (χ1v) is 11.6. The Morgan fingerprint density at radius 2 is 2.11 bits per heavy atom. The molecule has 9 heteroatoms. The molecule has 3 aromatic rings. The number of hydrogen-bond acceptors (Lipinski definition) is 7.